The molecular formula is C14H17ClFN3O2. The van der Waals surface area contributed by atoms with E-state index >= 15 is 0 Å². The van der Waals surface area contributed by atoms with Crippen LogP contribution in [0, 0.1) is 12.7 Å². The molecule has 2 amide bonds. The Morgan fingerprint density at radius 2 is 2.10 bits per heavy atom. The van der Waals surface area contributed by atoms with E-state index in [0.29, 0.717) is 37.9 Å². The highest BCUT2D eigenvalue weighted by Gasteiger charge is 2.39. The number of benzene rings is 1. The Labute approximate surface area is 127 Å². The Bertz CT molecular complexity index is 559. The molecule has 7 heteroatoms. The smallest absolute Gasteiger partial charge is 0.250 e. The van der Waals surface area contributed by atoms with Crippen LogP contribution in [0.4, 0.5) is 10.1 Å². The molecule has 3 N–H and O–H groups in total. The summed E-state index contributed by atoms with van der Waals surface area (Å²) in [5.41, 5.74) is -0.410. The first kappa shape index (κ1) is 15.7. The van der Waals surface area contributed by atoms with Crippen LogP contribution in [0.2, 0.25) is 5.02 Å². The average molecular weight is 314 g/mol. The molecule has 1 fully saturated rings. The molecule has 1 aromatic carbocycles. The SMILES string of the molecule is Cc1ccc(NC(=O)C2(NC=O)CCNCC2)c(F)c1Cl. The van der Waals surface area contributed by atoms with Gasteiger partial charge in [-0.05, 0) is 44.5 Å². The largest absolute Gasteiger partial charge is 0.344 e. The van der Waals surface area contributed by atoms with Crippen molar-refractivity contribution >= 4 is 29.6 Å². The van der Waals surface area contributed by atoms with Gasteiger partial charge in [-0.3, -0.25) is 9.59 Å². The highest BCUT2D eigenvalue weighted by molar-refractivity contribution is 6.31. The summed E-state index contributed by atoms with van der Waals surface area (Å²) in [6.07, 6.45) is 1.39. The van der Waals surface area contributed by atoms with E-state index in [4.69, 9.17) is 11.6 Å². The number of carbonyl (C=O) groups excluding carboxylic acids is 2. The Hall–Kier alpha value is -1.66. The van der Waals surface area contributed by atoms with Gasteiger partial charge in [0.1, 0.15) is 5.54 Å². The predicted octanol–water partition coefficient (Wildman–Crippen LogP) is 1.59. The fourth-order valence-electron chi connectivity index (χ4n) is 2.39. The maximum absolute atomic E-state index is 14.1. The van der Waals surface area contributed by atoms with Gasteiger partial charge >= 0.3 is 0 Å². The highest BCUT2D eigenvalue weighted by Crippen LogP contribution is 2.27. The molecule has 0 radical (unpaired) electrons. The Morgan fingerprint density at radius 1 is 1.43 bits per heavy atom. The molecular weight excluding hydrogens is 297 g/mol. The van der Waals surface area contributed by atoms with Gasteiger partial charge in [0.25, 0.3) is 0 Å². The number of aryl methyl sites for hydroxylation is 1. The van der Waals surface area contributed by atoms with E-state index in [1.165, 1.54) is 6.07 Å². The number of piperidine rings is 1. The average Bonchev–Trinajstić information content (AvgIpc) is 2.49. The lowest BCUT2D eigenvalue weighted by Crippen LogP contribution is -2.59. The van der Waals surface area contributed by atoms with E-state index in [9.17, 15) is 14.0 Å². The van der Waals surface area contributed by atoms with Gasteiger partial charge in [0, 0.05) is 0 Å². The minimum absolute atomic E-state index is 0.0150. The molecule has 0 aliphatic carbocycles. The van der Waals surface area contributed by atoms with Crippen molar-refractivity contribution in [3.8, 4) is 0 Å². The Balaban J connectivity index is 2.23. The van der Waals surface area contributed by atoms with Crippen molar-refractivity contribution in [2.75, 3.05) is 18.4 Å². The second kappa shape index (κ2) is 6.41. The Morgan fingerprint density at radius 3 is 2.71 bits per heavy atom. The highest BCUT2D eigenvalue weighted by atomic mass is 35.5. The number of amides is 2. The second-order valence-corrected chi connectivity index (χ2v) is 5.48. The lowest BCUT2D eigenvalue weighted by atomic mass is 9.87. The summed E-state index contributed by atoms with van der Waals surface area (Å²) in [6.45, 7) is 2.88. The first-order chi connectivity index (χ1) is 10.00. The van der Waals surface area contributed by atoms with E-state index in [-0.39, 0.29) is 10.7 Å². The molecule has 0 saturated carbocycles. The molecule has 2 rings (SSSR count). The number of hydrogen-bond acceptors (Lipinski definition) is 3. The Kier molecular flexibility index (Phi) is 4.80. The molecule has 0 unspecified atom stereocenters. The molecule has 0 aromatic heterocycles. The molecule has 0 spiro atoms. The topological polar surface area (TPSA) is 70.2 Å². The van der Waals surface area contributed by atoms with Crippen molar-refractivity contribution in [3.63, 3.8) is 0 Å². The lowest BCUT2D eigenvalue weighted by molar-refractivity contribution is -0.126. The number of hydrogen-bond donors (Lipinski definition) is 3. The summed E-state index contributed by atoms with van der Waals surface area (Å²) in [5, 5.41) is 8.20. The van der Waals surface area contributed by atoms with Crippen molar-refractivity contribution in [3.05, 3.63) is 28.5 Å². The third-order valence-corrected chi connectivity index (χ3v) is 4.21. The number of anilines is 1. The van der Waals surface area contributed by atoms with Crippen molar-refractivity contribution in [1.82, 2.24) is 10.6 Å². The van der Waals surface area contributed by atoms with Crippen LogP contribution in [0.15, 0.2) is 12.1 Å². The zero-order chi connectivity index (χ0) is 15.5. The van der Waals surface area contributed by atoms with Crippen molar-refractivity contribution in [2.45, 2.75) is 25.3 Å². The van der Waals surface area contributed by atoms with E-state index in [2.05, 4.69) is 16.0 Å². The van der Waals surface area contributed by atoms with Gasteiger partial charge in [0.2, 0.25) is 12.3 Å². The number of carbonyl (C=O) groups is 2. The van der Waals surface area contributed by atoms with Gasteiger partial charge in [-0.2, -0.15) is 0 Å². The summed E-state index contributed by atoms with van der Waals surface area (Å²) in [7, 11) is 0. The summed E-state index contributed by atoms with van der Waals surface area (Å²) >= 11 is 5.84. The van der Waals surface area contributed by atoms with Crippen LogP contribution in [0.1, 0.15) is 18.4 Å². The fourth-order valence-corrected chi connectivity index (χ4v) is 2.55. The molecule has 1 saturated heterocycles. The lowest BCUT2D eigenvalue weighted by Gasteiger charge is -2.35. The molecule has 1 heterocycles. The molecule has 1 aliphatic heterocycles. The second-order valence-electron chi connectivity index (χ2n) is 5.11. The van der Waals surface area contributed by atoms with Crippen LogP contribution < -0.4 is 16.0 Å². The van der Waals surface area contributed by atoms with Gasteiger partial charge < -0.3 is 16.0 Å². The minimum atomic E-state index is -1.02. The van der Waals surface area contributed by atoms with E-state index in [1.54, 1.807) is 13.0 Å². The maximum Gasteiger partial charge on any atom is 0.250 e. The fraction of sp³-hybridized carbons (Fsp3) is 0.429. The number of nitrogens with one attached hydrogen (secondary N) is 3. The first-order valence-electron chi connectivity index (χ1n) is 6.68. The normalized spacial score (nSPS) is 17.1. The molecule has 0 atom stereocenters. The van der Waals surface area contributed by atoms with Crippen LogP contribution in [-0.4, -0.2) is 30.9 Å². The molecule has 1 aromatic rings. The maximum atomic E-state index is 14.1. The van der Waals surface area contributed by atoms with Crippen LogP contribution in [-0.2, 0) is 9.59 Å². The van der Waals surface area contributed by atoms with Crippen molar-refractivity contribution in [1.29, 1.82) is 0 Å². The van der Waals surface area contributed by atoms with Crippen LogP contribution in [0.25, 0.3) is 0 Å². The molecule has 1 aliphatic rings. The van der Waals surface area contributed by atoms with Gasteiger partial charge in [-0.1, -0.05) is 17.7 Å². The van der Waals surface area contributed by atoms with Crippen LogP contribution in [0.3, 0.4) is 0 Å². The zero-order valence-electron chi connectivity index (χ0n) is 11.6. The summed E-state index contributed by atoms with van der Waals surface area (Å²) < 4.78 is 14.1. The third-order valence-electron chi connectivity index (χ3n) is 3.75. The van der Waals surface area contributed by atoms with Crippen LogP contribution >= 0.6 is 11.6 Å². The van der Waals surface area contributed by atoms with E-state index in [1.807, 2.05) is 0 Å². The minimum Gasteiger partial charge on any atom is -0.344 e. The predicted molar refractivity (Wildman–Crippen MR) is 78.8 cm³/mol. The molecule has 5 nitrogen and oxygen atoms in total. The summed E-state index contributed by atoms with van der Waals surface area (Å²) in [4.78, 5) is 23.3. The van der Waals surface area contributed by atoms with E-state index in [0.717, 1.165) is 0 Å². The van der Waals surface area contributed by atoms with Gasteiger partial charge in [-0.15, -0.1) is 0 Å². The van der Waals surface area contributed by atoms with Crippen molar-refractivity contribution < 1.29 is 14.0 Å². The van der Waals surface area contributed by atoms with Crippen molar-refractivity contribution in [2.24, 2.45) is 0 Å². The zero-order valence-corrected chi connectivity index (χ0v) is 12.4. The van der Waals surface area contributed by atoms with Gasteiger partial charge in [0.15, 0.2) is 5.82 Å². The molecule has 0 bridgehead atoms. The number of rotatable bonds is 4. The van der Waals surface area contributed by atoms with Gasteiger partial charge in [-0.25, -0.2) is 4.39 Å². The van der Waals surface area contributed by atoms with E-state index < -0.39 is 17.3 Å². The summed E-state index contributed by atoms with van der Waals surface area (Å²) in [6, 6.07) is 3.09. The first-order valence-corrected chi connectivity index (χ1v) is 7.06. The van der Waals surface area contributed by atoms with Gasteiger partial charge in [0.05, 0.1) is 10.7 Å². The number of halogens is 2. The van der Waals surface area contributed by atoms with Crippen LogP contribution in [0.5, 0.6) is 0 Å². The monoisotopic (exact) mass is 313 g/mol. The quantitative estimate of drug-likeness (QED) is 0.739. The molecule has 21 heavy (non-hydrogen) atoms. The third kappa shape index (κ3) is 3.16. The standard InChI is InChI=1S/C14H17ClFN3O2/c1-9-2-3-10(12(16)11(9)15)19-13(21)14(18-8-20)4-6-17-7-5-14/h2-3,8,17H,4-7H2,1H3,(H,18,20)(H,19,21). The molecule has 114 valence electrons. The summed E-state index contributed by atoms with van der Waals surface area (Å²) in [5.74, 6) is -1.10.